The van der Waals surface area contributed by atoms with Gasteiger partial charge in [0.05, 0.1) is 17.7 Å². The number of rotatable bonds is 2. The minimum atomic E-state index is -0.304. The van der Waals surface area contributed by atoms with E-state index in [1.807, 2.05) is 24.3 Å². The third kappa shape index (κ3) is 2.05. The zero-order chi connectivity index (χ0) is 10.7. The number of hydrogen-bond acceptors (Lipinski definition) is 4. The average Bonchev–Trinajstić information content (AvgIpc) is 2.78. The van der Waals surface area contributed by atoms with Crippen LogP contribution in [-0.2, 0) is 4.74 Å². The molecule has 0 radical (unpaired) electrons. The molecule has 0 bridgehead atoms. The molecule has 2 aromatic rings. The van der Waals surface area contributed by atoms with Crippen molar-refractivity contribution in [3.8, 4) is 10.6 Å². The lowest BCUT2D eigenvalue weighted by atomic mass is 10.3. The quantitative estimate of drug-likeness (QED) is 0.729. The second-order valence-electron chi connectivity index (χ2n) is 2.87. The fourth-order valence-corrected chi connectivity index (χ4v) is 2.10. The van der Waals surface area contributed by atoms with E-state index in [-0.39, 0.29) is 5.97 Å². The summed E-state index contributed by atoms with van der Waals surface area (Å²) in [5, 5.41) is 0. The molecule has 0 aliphatic carbocycles. The first-order chi connectivity index (χ1) is 7.31. The first-order valence-electron chi connectivity index (χ1n) is 4.41. The number of carbonyl (C=O) groups excluding carboxylic acids is 1. The van der Waals surface area contributed by atoms with Crippen LogP contribution in [0, 0.1) is 0 Å². The Kier molecular flexibility index (Phi) is 2.78. The van der Waals surface area contributed by atoms with Crippen molar-refractivity contribution >= 4 is 17.3 Å². The first kappa shape index (κ1) is 9.86. The zero-order valence-corrected chi connectivity index (χ0v) is 8.95. The van der Waals surface area contributed by atoms with E-state index in [0.29, 0.717) is 4.88 Å². The largest absolute Gasteiger partial charge is 0.465 e. The number of esters is 1. The molecule has 0 aliphatic heterocycles. The minimum absolute atomic E-state index is 0.304. The van der Waals surface area contributed by atoms with E-state index >= 15 is 0 Å². The number of aromatic nitrogens is 1. The number of carbonyl (C=O) groups is 1. The predicted molar refractivity (Wildman–Crippen MR) is 58.9 cm³/mol. The van der Waals surface area contributed by atoms with E-state index in [9.17, 15) is 4.79 Å². The number of ether oxygens (including phenoxy) is 1. The summed E-state index contributed by atoms with van der Waals surface area (Å²) in [7, 11) is 1.38. The Labute approximate surface area is 91.4 Å². The van der Waals surface area contributed by atoms with Crippen LogP contribution in [0.15, 0.2) is 36.5 Å². The van der Waals surface area contributed by atoms with Gasteiger partial charge < -0.3 is 4.74 Å². The van der Waals surface area contributed by atoms with Gasteiger partial charge in [0.1, 0.15) is 4.88 Å². The van der Waals surface area contributed by atoms with Gasteiger partial charge in [0.2, 0.25) is 0 Å². The van der Waals surface area contributed by atoms with E-state index in [2.05, 4.69) is 9.72 Å². The summed E-state index contributed by atoms with van der Waals surface area (Å²) in [4.78, 5) is 17.0. The molecule has 2 heterocycles. The molecule has 15 heavy (non-hydrogen) atoms. The van der Waals surface area contributed by atoms with Crippen LogP contribution in [0.25, 0.3) is 10.6 Å². The van der Waals surface area contributed by atoms with Crippen LogP contribution in [0.5, 0.6) is 0 Å². The van der Waals surface area contributed by atoms with E-state index in [4.69, 9.17) is 0 Å². The highest BCUT2D eigenvalue weighted by Crippen LogP contribution is 2.26. The van der Waals surface area contributed by atoms with Gasteiger partial charge in [-0.25, -0.2) is 4.79 Å². The normalized spacial score (nSPS) is 9.93. The highest BCUT2D eigenvalue weighted by atomic mass is 32.1. The van der Waals surface area contributed by atoms with Crippen LogP contribution in [0.1, 0.15) is 9.67 Å². The molecule has 3 nitrogen and oxygen atoms in total. The van der Waals surface area contributed by atoms with Crippen LogP contribution in [0.2, 0.25) is 0 Å². The second kappa shape index (κ2) is 4.23. The molecule has 0 amide bonds. The van der Waals surface area contributed by atoms with Gasteiger partial charge in [-0.2, -0.15) is 0 Å². The summed E-state index contributed by atoms with van der Waals surface area (Å²) in [5.41, 5.74) is 0.873. The highest BCUT2D eigenvalue weighted by Gasteiger charge is 2.10. The number of pyridine rings is 1. The Morgan fingerprint density at radius 2 is 2.20 bits per heavy atom. The van der Waals surface area contributed by atoms with Gasteiger partial charge in [0, 0.05) is 6.20 Å². The molecular weight excluding hydrogens is 210 g/mol. The Balaban J connectivity index is 2.32. The lowest BCUT2D eigenvalue weighted by molar-refractivity contribution is 0.0606. The molecular formula is C11H9NO2S. The van der Waals surface area contributed by atoms with Gasteiger partial charge in [-0.3, -0.25) is 4.98 Å². The molecule has 76 valence electrons. The van der Waals surface area contributed by atoms with Crippen molar-refractivity contribution < 1.29 is 9.53 Å². The fourth-order valence-electron chi connectivity index (χ4n) is 1.19. The van der Waals surface area contributed by atoms with E-state index in [1.165, 1.54) is 18.4 Å². The molecule has 0 unspecified atom stereocenters. The second-order valence-corrected chi connectivity index (χ2v) is 3.95. The number of methoxy groups -OCH3 is 1. The topological polar surface area (TPSA) is 39.2 Å². The number of nitrogens with zero attached hydrogens (tertiary/aromatic N) is 1. The lowest BCUT2D eigenvalue weighted by Gasteiger charge is -1.94. The molecule has 0 aliphatic rings. The van der Waals surface area contributed by atoms with E-state index in [0.717, 1.165) is 10.6 Å². The maximum Gasteiger partial charge on any atom is 0.348 e. The van der Waals surface area contributed by atoms with Gasteiger partial charge in [-0.15, -0.1) is 11.3 Å². The summed E-state index contributed by atoms with van der Waals surface area (Å²) < 4.78 is 4.64. The molecule has 0 N–H and O–H groups in total. The summed E-state index contributed by atoms with van der Waals surface area (Å²) in [5.74, 6) is -0.304. The standard InChI is InChI=1S/C11H9NO2S/c1-14-11(13)10-6-5-9(15-10)8-4-2-3-7-12-8/h2-7H,1H3. The molecule has 2 aromatic heterocycles. The zero-order valence-electron chi connectivity index (χ0n) is 8.14. The smallest absolute Gasteiger partial charge is 0.348 e. The fraction of sp³-hybridized carbons (Fsp3) is 0.0909. The highest BCUT2D eigenvalue weighted by molar-refractivity contribution is 7.17. The molecule has 4 heteroatoms. The lowest BCUT2D eigenvalue weighted by Crippen LogP contribution is -1.96. The third-order valence-corrected chi connectivity index (χ3v) is 3.00. The Hall–Kier alpha value is -1.68. The molecule has 0 saturated heterocycles. The van der Waals surface area contributed by atoms with Crippen molar-refractivity contribution in [2.75, 3.05) is 7.11 Å². The minimum Gasteiger partial charge on any atom is -0.465 e. The van der Waals surface area contributed by atoms with Crippen LogP contribution in [0.4, 0.5) is 0 Å². The number of thiophene rings is 1. The Bertz CT molecular complexity index is 464. The Morgan fingerprint density at radius 1 is 1.33 bits per heavy atom. The van der Waals surface area contributed by atoms with Gasteiger partial charge in [0.15, 0.2) is 0 Å². The molecule has 0 aromatic carbocycles. The van der Waals surface area contributed by atoms with Crippen molar-refractivity contribution in [2.24, 2.45) is 0 Å². The Morgan fingerprint density at radius 3 is 2.87 bits per heavy atom. The first-order valence-corrected chi connectivity index (χ1v) is 5.22. The van der Waals surface area contributed by atoms with Crippen molar-refractivity contribution in [1.82, 2.24) is 4.98 Å². The van der Waals surface area contributed by atoms with E-state index < -0.39 is 0 Å². The number of hydrogen-bond donors (Lipinski definition) is 0. The maximum absolute atomic E-state index is 11.2. The van der Waals surface area contributed by atoms with Gasteiger partial charge in [-0.1, -0.05) is 6.07 Å². The van der Waals surface area contributed by atoms with Crippen molar-refractivity contribution in [3.63, 3.8) is 0 Å². The summed E-state index contributed by atoms with van der Waals surface area (Å²) in [6.07, 6.45) is 1.73. The van der Waals surface area contributed by atoms with Crippen LogP contribution in [0.3, 0.4) is 0 Å². The van der Waals surface area contributed by atoms with Crippen molar-refractivity contribution in [2.45, 2.75) is 0 Å². The third-order valence-electron chi connectivity index (χ3n) is 1.91. The maximum atomic E-state index is 11.2. The average molecular weight is 219 g/mol. The van der Waals surface area contributed by atoms with Crippen LogP contribution < -0.4 is 0 Å². The van der Waals surface area contributed by atoms with Gasteiger partial charge >= 0.3 is 5.97 Å². The summed E-state index contributed by atoms with van der Waals surface area (Å²) in [6.45, 7) is 0. The SMILES string of the molecule is COC(=O)c1ccc(-c2ccccn2)s1. The molecule has 2 rings (SSSR count). The van der Waals surface area contributed by atoms with Gasteiger partial charge in [0.25, 0.3) is 0 Å². The molecule has 0 fully saturated rings. The predicted octanol–water partition coefficient (Wildman–Crippen LogP) is 2.60. The van der Waals surface area contributed by atoms with Gasteiger partial charge in [-0.05, 0) is 24.3 Å². The summed E-state index contributed by atoms with van der Waals surface area (Å²) >= 11 is 1.38. The molecule has 0 atom stereocenters. The van der Waals surface area contributed by atoms with Crippen molar-refractivity contribution in [1.29, 1.82) is 0 Å². The van der Waals surface area contributed by atoms with Crippen LogP contribution >= 0.6 is 11.3 Å². The van der Waals surface area contributed by atoms with Crippen molar-refractivity contribution in [3.05, 3.63) is 41.4 Å². The van der Waals surface area contributed by atoms with Crippen LogP contribution in [-0.4, -0.2) is 18.1 Å². The van der Waals surface area contributed by atoms with E-state index in [1.54, 1.807) is 12.3 Å². The molecule has 0 spiro atoms. The molecule has 0 saturated carbocycles. The summed E-state index contributed by atoms with van der Waals surface area (Å²) in [6, 6.07) is 9.31. The monoisotopic (exact) mass is 219 g/mol.